The molecule has 0 aliphatic heterocycles. The summed E-state index contributed by atoms with van der Waals surface area (Å²) in [5.74, 6) is -0.331. The number of rotatable bonds is 3. The zero-order chi connectivity index (χ0) is 18.4. The Morgan fingerprint density at radius 1 is 1.15 bits per heavy atom. The summed E-state index contributed by atoms with van der Waals surface area (Å²) in [4.78, 5) is 12.8. The third-order valence-electron chi connectivity index (χ3n) is 4.12. The van der Waals surface area contributed by atoms with Crippen molar-refractivity contribution in [3.63, 3.8) is 0 Å². The minimum atomic E-state index is -0.389. The molecule has 2 aromatic heterocycles. The van der Waals surface area contributed by atoms with E-state index in [0.717, 1.165) is 11.3 Å². The van der Waals surface area contributed by atoms with Crippen LogP contribution >= 0.6 is 23.2 Å². The van der Waals surface area contributed by atoms with Gasteiger partial charge in [0.15, 0.2) is 5.76 Å². The minimum Gasteiger partial charge on any atom is -0.450 e. The number of nitrogens with zero attached hydrogens (tertiary/aromatic N) is 2. The fourth-order valence-corrected chi connectivity index (χ4v) is 3.30. The fourth-order valence-electron chi connectivity index (χ4n) is 2.81. The number of benzene rings is 2. The topological polar surface area (TPSA) is 74.0 Å². The van der Waals surface area contributed by atoms with Crippen molar-refractivity contribution in [2.45, 2.75) is 0 Å². The van der Waals surface area contributed by atoms with Crippen molar-refractivity contribution in [2.24, 2.45) is 7.05 Å². The molecular weight excluding hydrogens is 373 g/mol. The van der Waals surface area contributed by atoms with Gasteiger partial charge in [0.2, 0.25) is 5.78 Å². The van der Waals surface area contributed by atoms with Crippen LogP contribution in [-0.2, 0) is 7.05 Å². The second-order valence-corrected chi connectivity index (χ2v) is 6.73. The second kappa shape index (κ2) is 6.20. The van der Waals surface area contributed by atoms with E-state index in [1.807, 2.05) is 37.5 Å². The third-order valence-corrected chi connectivity index (χ3v) is 4.67. The van der Waals surface area contributed by atoms with Crippen LogP contribution in [0.5, 0.6) is 0 Å². The molecule has 7 heteroatoms. The van der Waals surface area contributed by atoms with E-state index in [4.69, 9.17) is 33.4 Å². The maximum absolute atomic E-state index is 12.8. The molecule has 26 heavy (non-hydrogen) atoms. The molecule has 0 spiro atoms. The Kier molecular flexibility index (Phi) is 3.98. The van der Waals surface area contributed by atoms with E-state index in [0.29, 0.717) is 16.0 Å². The molecule has 0 saturated heterocycles. The molecule has 130 valence electrons. The van der Waals surface area contributed by atoms with Crippen LogP contribution in [0.3, 0.4) is 0 Å². The zero-order valence-corrected chi connectivity index (χ0v) is 15.2. The largest absolute Gasteiger partial charge is 0.450 e. The molecule has 4 rings (SSSR count). The maximum Gasteiger partial charge on any atom is 0.231 e. The van der Waals surface area contributed by atoms with E-state index >= 15 is 0 Å². The average Bonchev–Trinajstić information content (AvgIpc) is 3.18. The molecule has 2 N–H and O–H groups in total. The smallest absolute Gasteiger partial charge is 0.231 e. The monoisotopic (exact) mass is 385 g/mol. The van der Waals surface area contributed by atoms with Crippen molar-refractivity contribution in [2.75, 3.05) is 5.73 Å². The molecule has 2 heterocycles. The van der Waals surface area contributed by atoms with Gasteiger partial charge in [0.05, 0.1) is 16.4 Å². The van der Waals surface area contributed by atoms with E-state index in [1.54, 1.807) is 16.8 Å². The van der Waals surface area contributed by atoms with Gasteiger partial charge in [-0.3, -0.25) is 9.48 Å². The van der Waals surface area contributed by atoms with Gasteiger partial charge >= 0.3 is 0 Å². The van der Waals surface area contributed by atoms with Gasteiger partial charge in [-0.1, -0.05) is 29.3 Å². The quantitative estimate of drug-likeness (QED) is 0.506. The number of nitrogens with two attached hydrogens (primary N) is 1. The second-order valence-electron chi connectivity index (χ2n) is 5.88. The molecule has 0 aliphatic carbocycles. The van der Waals surface area contributed by atoms with Crippen LogP contribution in [0.2, 0.25) is 10.0 Å². The number of aromatic nitrogens is 2. The number of aryl methyl sites for hydroxylation is 1. The van der Waals surface area contributed by atoms with Gasteiger partial charge in [0.25, 0.3) is 0 Å². The third kappa shape index (κ3) is 2.75. The lowest BCUT2D eigenvalue weighted by molar-refractivity contribution is 0.101. The van der Waals surface area contributed by atoms with Crippen molar-refractivity contribution in [3.05, 3.63) is 70.0 Å². The number of ketones is 1. The number of fused-ring (bicyclic) bond motifs is 1. The molecule has 0 radical (unpaired) electrons. The highest BCUT2D eigenvalue weighted by molar-refractivity contribution is 6.37. The number of nitrogen functional groups attached to an aromatic ring is 1. The highest BCUT2D eigenvalue weighted by Crippen LogP contribution is 2.34. The first-order chi connectivity index (χ1) is 12.4. The highest BCUT2D eigenvalue weighted by Gasteiger charge is 2.22. The predicted octanol–water partition coefficient (Wildman–Crippen LogP) is 4.95. The van der Waals surface area contributed by atoms with Gasteiger partial charge in [-0.05, 0) is 36.4 Å². The molecule has 0 atom stereocenters. The van der Waals surface area contributed by atoms with E-state index in [1.165, 1.54) is 6.07 Å². The Morgan fingerprint density at radius 3 is 2.65 bits per heavy atom. The molecule has 0 saturated carbocycles. The summed E-state index contributed by atoms with van der Waals surface area (Å²) in [5, 5.41) is 5.73. The Bertz CT molecular complexity index is 1160. The van der Waals surface area contributed by atoms with Crippen LogP contribution in [0, 0.1) is 0 Å². The van der Waals surface area contributed by atoms with Crippen molar-refractivity contribution in [3.8, 4) is 11.3 Å². The lowest BCUT2D eigenvalue weighted by Crippen LogP contribution is -2.03. The van der Waals surface area contributed by atoms with Crippen LogP contribution in [0.4, 0.5) is 5.69 Å². The molecule has 4 aromatic rings. The van der Waals surface area contributed by atoms with Gasteiger partial charge in [-0.2, -0.15) is 5.10 Å². The van der Waals surface area contributed by atoms with E-state index in [-0.39, 0.29) is 27.8 Å². The average molecular weight is 386 g/mol. The van der Waals surface area contributed by atoms with Gasteiger partial charge in [-0.25, -0.2) is 0 Å². The summed E-state index contributed by atoms with van der Waals surface area (Å²) in [6.45, 7) is 0. The first-order valence-corrected chi connectivity index (χ1v) is 8.51. The SMILES string of the molecule is Cn1ccc(-c2ccc3c(N)c(C(=O)c4ccc(Cl)cc4Cl)oc3c2)n1. The fraction of sp³-hybridized carbons (Fsp3) is 0.0526. The van der Waals surface area contributed by atoms with Crippen LogP contribution in [0.25, 0.3) is 22.2 Å². The van der Waals surface area contributed by atoms with Crippen molar-refractivity contribution in [1.82, 2.24) is 9.78 Å². The number of hydrogen-bond donors (Lipinski definition) is 1. The first-order valence-electron chi connectivity index (χ1n) is 7.76. The maximum atomic E-state index is 12.8. The molecule has 0 aliphatic rings. The number of carbonyl (C=O) groups excluding carboxylic acids is 1. The number of furan rings is 1. The minimum absolute atomic E-state index is 0.0578. The van der Waals surface area contributed by atoms with Crippen LogP contribution < -0.4 is 5.73 Å². The summed E-state index contributed by atoms with van der Waals surface area (Å²) in [6.07, 6.45) is 1.85. The molecule has 0 unspecified atom stereocenters. The Labute approximate surface area is 158 Å². The molecular formula is C19H13Cl2N3O2. The van der Waals surface area contributed by atoms with Crippen molar-refractivity contribution < 1.29 is 9.21 Å². The summed E-state index contributed by atoms with van der Waals surface area (Å²) >= 11 is 12.0. The lowest BCUT2D eigenvalue weighted by atomic mass is 10.1. The molecule has 0 fully saturated rings. The van der Waals surface area contributed by atoms with E-state index < -0.39 is 0 Å². The van der Waals surface area contributed by atoms with E-state index in [2.05, 4.69) is 5.10 Å². The number of carbonyl (C=O) groups is 1. The Hall–Kier alpha value is -2.76. The molecule has 0 amide bonds. The summed E-state index contributed by atoms with van der Waals surface area (Å²) < 4.78 is 7.48. The Morgan fingerprint density at radius 2 is 1.96 bits per heavy atom. The van der Waals surface area contributed by atoms with Gasteiger partial charge < -0.3 is 10.2 Å². The molecule has 2 aromatic carbocycles. The predicted molar refractivity (Wildman–Crippen MR) is 103 cm³/mol. The van der Waals surface area contributed by atoms with Crippen LogP contribution in [0.15, 0.2) is 53.1 Å². The Balaban J connectivity index is 1.81. The standard InChI is InChI=1S/C19H13Cl2N3O2/c1-24-7-6-15(23-24)10-2-4-13-16(8-10)26-19(17(13)22)18(25)12-5-3-11(20)9-14(12)21/h2-9H,22H2,1H3. The number of halogens is 2. The molecule has 0 bridgehead atoms. The van der Waals surface area contributed by atoms with Gasteiger partial charge in [-0.15, -0.1) is 0 Å². The normalized spacial score (nSPS) is 11.2. The first kappa shape index (κ1) is 16.7. The van der Waals surface area contributed by atoms with Gasteiger partial charge in [0.1, 0.15) is 5.58 Å². The molecule has 5 nitrogen and oxygen atoms in total. The van der Waals surface area contributed by atoms with E-state index in [9.17, 15) is 4.79 Å². The van der Waals surface area contributed by atoms with Crippen molar-refractivity contribution in [1.29, 1.82) is 0 Å². The van der Waals surface area contributed by atoms with Crippen LogP contribution in [-0.4, -0.2) is 15.6 Å². The van der Waals surface area contributed by atoms with Crippen LogP contribution in [0.1, 0.15) is 16.1 Å². The summed E-state index contributed by atoms with van der Waals surface area (Å²) in [6, 6.07) is 12.1. The highest BCUT2D eigenvalue weighted by atomic mass is 35.5. The van der Waals surface area contributed by atoms with Gasteiger partial charge in [0, 0.05) is 34.8 Å². The number of hydrogen-bond acceptors (Lipinski definition) is 4. The summed E-state index contributed by atoms with van der Waals surface area (Å²) in [5.41, 5.74) is 8.90. The number of anilines is 1. The van der Waals surface area contributed by atoms with Crippen molar-refractivity contribution >= 4 is 45.6 Å². The zero-order valence-electron chi connectivity index (χ0n) is 13.7. The lowest BCUT2D eigenvalue weighted by Gasteiger charge is -2.02. The summed E-state index contributed by atoms with van der Waals surface area (Å²) in [7, 11) is 1.85.